The molecule has 1 aliphatic heterocycles. The van der Waals surface area contributed by atoms with E-state index in [0.717, 1.165) is 13.1 Å². The van der Waals surface area contributed by atoms with Gasteiger partial charge in [-0.25, -0.2) is 4.79 Å². The van der Waals surface area contributed by atoms with Crippen LogP contribution in [0, 0.1) is 10.1 Å². The van der Waals surface area contributed by atoms with Crippen molar-refractivity contribution in [2.75, 3.05) is 39.5 Å². The lowest BCUT2D eigenvalue weighted by Gasteiger charge is -2.33. The highest BCUT2D eigenvalue weighted by molar-refractivity contribution is 6.32. The molecule has 1 fully saturated rings. The first kappa shape index (κ1) is 15.3. The molecule has 108 valence electrons. The molecule has 0 saturated carbocycles. The SMILES string of the molecule is O=C(O)C(=O)CCCN1CCN(CO[N+](=O)[O-])CC1. The second-order valence-corrected chi connectivity index (χ2v) is 4.27. The van der Waals surface area contributed by atoms with Crippen LogP contribution in [-0.4, -0.2) is 71.2 Å². The predicted molar refractivity (Wildman–Crippen MR) is 62.8 cm³/mol. The number of carboxylic acids is 1. The summed E-state index contributed by atoms with van der Waals surface area (Å²) in [6, 6.07) is 0. The van der Waals surface area contributed by atoms with Crippen molar-refractivity contribution in [1.82, 2.24) is 9.80 Å². The lowest BCUT2D eigenvalue weighted by Crippen LogP contribution is -2.47. The molecule has 0 atom stereocenters. The third-order valence-electron chi connectivity index (χ3n) is 2.93. The maximum Gasteiger partial charge on any atom is 0.372 e. The molecule has 1 rings (SSSR count). The number of hydrogen-bond donors (Lipinski definition) is 1. The maximum absolute atomic E-state index is 10.9. The highest BCUT2D eigenvalue weighted by Crippen LogP contribution is 2.04. The Balaban J connectivity index is 2.11. The van der Waals surface area contributed by atoms with Crippen molar-refractivity contribution < 1.29 is 24.6 Å². The van der Waals surface area contributed by atoms with Crippen LogP contribution < -0.4 is 0 Å². The lowest BCUT2D eigenvalue weighted by atomic mass is 10.2. The Morgan fingerprint density at radius 1 is 1.21 bits per heavy atom. The number of piperazine rings is 1. The first-order chi connectivity index (χ1) is 8.99. The molecule has 0 aromatic heterocycles. The summed E-state index contributed by atoms with van der Waals surface area (Å²) in [7, 11) is 0. The van der Waals surface area contributed by atoms with Gasteiger partial charge in [0.1, 0.15) is 6.73 Å². The van der Waals surface area contributed by atoms with E-state index in [0.29, 0.717) is 26.1 Å². The predicted octanol–water partition coefficient (Wildman–Crippen LogP) is -0.796. The minimum atomic E-state index is -1.39. The Hall–Kier alpha value is -1.74. The van der Waals surface area contributed by atoms with E-state index in [-0.39, 0.29) is 13.2 Å². The molecule has 1 N–H and O–H groups in total. The highest BCUT2D eigenvalue weighted by atomic mass is 17.0. The second-order valence-electron chi connectivity index (χ2n) is 4.27. The van der Waals surface area contributed by atoms with Gasteiger partial charge in [0, 0.05) is 32.6 Å². The van der Waals surface area contributed by atoms with Crippen LogP contribution in [0.3, 0.4) is 0 Å². The normalized spacial score (nSPS) is 17.1. The van der Waals surface area contributed by atoms with Gasteiger partial charge in [0.05, 0.1) is 0 Å². The van der Waals surface area contributed by atoms with Gasteiger partial charge in [-0.3, -0.25) is 14.5 Å². The fourth-order valence-electron chi connectivity index (χ4n) is 1.84. The van der Waals surface area contributed by atoms with Crippen LogP contribution in [0.2, 0.25) is 0 Å². The Bertz CT molecular complexity index is 340. The number of nitrogens with zero attached hydrogens (tertiary/aromatic N) is 3. The number of ketones is 1. The van der Waals surface area contributed by atoms with Gasteiger partial charge in [-0.15, -0.1) is 10.1 Å². The molecular formula is C10H17N3O6. The van der Waals surface area contributed by atoms with Crippen molar-refractivity contribution in [3.05, 3.63) is 10.1 Å². The van der Waals surface area contributed by atoms with Crippen molar-refractivity contribution in [2.45, 2.75) is 12.8 Å². The molecule has 0 bridgehead atoms. The summed E-state index contributed by atoms with van der Waals surface area (Å²) in [4.78, 5) is 39.4. The van der Waals surface area contributed by atoms with Crippen LogP contribution >= 0.6 is 0 Å². The molecule has 9 heteroatoms. The summed E-state index contributed by atoms with van der Waals surface area (Å²) in [5.41, 5.74) is 0. The zero-order valence-corrected chi connectivity index (χ0v) is 10.5. The Labute approximate surface area is 109 Å². The highest BCUT2D eigenvalue weighted by Gasteiger charge is 2.18. The number of rotatable bonds is 8. The summed E-state index contributed by atoms with van der Waals surface area (Å²) >= 11 is 0. The summed E-state index contributed by atoms with van der Waals surface area (Å²) in [6.07, 6.45) is 0.552. The molecule has 0 aromatic rings. The van der Waals surface area contributed by atoms with Crippen molar-refractivity contribution >= 4 is 11.8 Å². The molecular weight excluding hydrogens is 258 g/mol. The molecule has 0 aromatic carbocycles. The average Bonchev–Trinajstić information content (AvgIpc) is 2.37. The molecule has 0 radical (unpaired) electrons. The van der Waals surface area contributed by atoms with E-state index in [9.17, 15) is 19.7 Å². The van der Waals surface area contributed by atoms with Gasteiger partial charge >= 0.3 is 5.97 Å². The van der Waals surface area contributed by atoms with Gasteiger partial charge in [-0.1, -0.05) is 0 Å². The summed E-state index contributed by atoms with van der Waals surface area (Å²) in [5, 5.41) is 17.6. The second kappa shape index (κ2) is 7.64. The van der Waals surface area contributed by atoms with Crippen LogP contribution in [0.4, 0.5) is 0 Å². The van der Waals surface area contributed by atoms with Crippen molar-refractivity contribution in [2.24, 2.45) is 0 Å². The third kappa shape index (κ3) is 6.11. The number of carbonyl (C=O) groups excluding carboxylic acids is 1. The summed E-state index contributed by atoms with van der Waals surface area (Å²) < 4.78 is 0. The minimum absolute atomic E-state index is 0.0294. The minimum Gasteiger partial charge on any atom is -0.476 e. The first-order valence-electron chi connectivity index (χ1n) is 5.97. The quantitative estimate of drug-likeness (QED) is 0.348. The molecule has 9 nitrogen and oxygen atoms in total. The first-order valence-corrected chi connectivity index (χ1v) is 5.97. The molecule has 0 aliphatic carbocycles. The van der Waals surface area contributed by atoms with Gasteiger partial charge in [0.15, 0.2) is 0 Å². The van der Waals surface area contributed by atoms with Crippen molar-refractivity contribution in [1.29, 1.82) is 0 Å². The molecule has 1 saturated heterocycles. The number of hydrogen-bond acceptors (Lipinski definition) is 7. The van der Waals surface area contributed by atoms with Gasteiger partial charge in [0.2, 0.25) is 5.78 Å². The topological polar surface area (TPSA) is 113 Å². The van der Waals surface area contributed by atoms with Crippen LogP contribution in [0.25, 0.3) is 0 Å². The van der Waals surface area contributed by atoms with Gasteiger partial charge in [-0.05, 0) is 13.0 Å². The number of carbonyl (C=O) groups is 2. The molecule has 0 spiro atoms. The Morgan fingerprint density at radius 2 is 1.79 bits per heavy atom. The van der Waals surface area contributed by atoms with E-state index in [2.05, 4.69) is 9.74 Å². The van der Waals surface area contributed by atoms with Crippen LogP contribution in [0.15, 0.2) is 0 Å². The zero-order valence-electron chi connectivity index (χ0n) is 10.5. The number of aliphatic carboxylic acids is 1. The standard InChI is InChI=1S/C10H17N3O6/c14-9(10(15)16)2-1-3-11-4-6-12(7-5-11)8-19-13(17)18/h1-8H2,(H,15,16). The Kier molecular flexibility index (Phi) is 6.16. The van der Waals surface area contributed by atoms with E-state index in [1.807, 2.05) is 4.90 Å². The average molecular weight is 275 g/mol. The van der Waals surface area contributed by atoms with Crippen LogP contribution in [0.5, 0.6) is 0 Å². The van der Waals surface area contributed by atoms with E-state index in [4.69, 9.17) is 5.11 Å². The van der Waals surface area contributed by atoms with E-state index in [1.165, 1.54) is 0 Å². The van der Waals surface area contributed by atoms with Gasteiger partial charge in [0.25, 0.3) is 5.09 Å². The molecule has 0 unspecified atom stereocenters. The van der Waals surface area contributed by atoms with E-state index in [1.54, 1.807) is 0 Å². The number of Topliss-reactive ketones (excluding diaryl/α,β-unsaturated/α-hetero) is 1. The van der Waals surface area contributed by atoms with Gasteiger partial charge < -0.3 is 10.0 Å². The summed E-state index contributed by atoms with van der Waals surface area (Å²) in [6.45, 7) is 3.38. The van der Waals surface area contributed by atoms with Crippen LogP contribution in [0.1, 0.15) is 12.8 Å². The maximum atomic E-state index is 10.9. The van der Waals surface area contributed by atoms with Crippen molar-refractivity contribution in [3.8, 4) is 0 Å². The molecule has 1 heterocycles. The van der Waals surface area contributed by atoms with Gasteiger partial charge in [-0.2, -0.15) is 0 Å². The van der Waals surface area contributed by atoms with Crippen LogP contribution in [-0.2, 0) is 14.4 Å². The fourth-order valence-corrected chi connectivity index (χ4v) is 1.84. The largest absolute Gasteiger partial charge is 0.476 e. The Morgan fingerprint density at radius 3 is 2.32 bits per heavy atom. The van der Waals surface area contributed by atoms with E-state index >= 15 is 0 Å². The molecule has 0 amide bonds. The fraction of sp³-hybridized carbons (Fsp3) is 0.800. The summed E-state index contributed by atoms with van der Waals surface area (Å²) in [5.74, 6) is -2.15. The number of carboxylic acid groups (broad SMARTS) is 1. The third-order valence-corrected chi connectivity index (χ3v) is 2.93. The molecule has 19 heavy (non-hydrogen) atoms. The van der Waals surface area contributed by atoms with E-state index < -0.39 is 16.8 Å². The smallest absolute Gasteiger partial charge is 0.372 e. The zero-order chi connectivity index (χ0) is 14.3. The van der Waals surface area contributed by atoms with Crippen molar-refractivity contribution in [3.63, 3.8) is 0 Å². The molecule has 1 aliphatic rings. The monoisotopic (exact) mass is 275 g/mol. The lowest BCUT2D eigenvalue weighted by molar-refractivity contribution is -0.762.